The molecule has 0 saturated heterocycles. The van der Waals surface area contributed by atoms with Crippen LogP contribution in [0.5, 0.6) is 0 Å². The Morgan fingerprint density at radius 3 is 2.35 bits per heavy atom. The smallest absolute Gasteiger partial charge is 0.251 e. The molecular formula is C15H23N3O2. The maximum Gasteiger partial charge on any atom is 0.251 e. The average Bonchev–Trinajstić information content (AvgIpc) is 2.45. The first-order valence-corrected chi connectivity index (χ1v) is 6.98. The molecule has 0 aliphatic carbocycles. The lowest BCUT2D eigenvalue weighted by molar-refractivity contribution is -0.120. The molecular weight excluding hydrogens is 254 g/mol. The van der Waals surface area contributed by atoms with Gasteiger partial charge in [-0.05, 0) is 44.5 Å². The van der Waals surface area contributed by atoms with Crippen LogP contribution in [0.3, 0.4) is 0 Å². The second-order valence-corrected chi connectivity index (χ2v) is 4.67. The Labute approximate surface area is 120 Å². The van der Waals surface area contributed by atoms with Gasteiger partial charge in [0.05, 0.1) is 6.54 Å². The number of carbonyl (C=O) groups excluding carboxylic acids is 2. The largest absolute Gasteiger partial charge is 0.376 e. The van der Waals surface area contributed by atoms with Crippen molar-refractivity contribution in [2.24, 2.45) is 0 Å². The summed E-state index contributed by atoms with van der Waals surface area (Å²) in [7, 11) is 0. The lowest BCUT2D eigenvalue weighted by atomic mass is 10.2. The fraction of sp³-hybridized carbons (Fsp3) is 0.467. The molecule has 3 N–H and O–H groups in total. The highest BCUT2D eigenvalue weighted by Crippen LogP contribution is 2.09. The molecule has 5 nitrogen and oxygen atoms in total. The van der Waals surface area contributed by atoms with Crippen LogP contribution in [0, 0.1) is 0 Å². The van der Waals surface area contributed by atoms with E-state index in [1.165, 1.54) is 0 Å². The summed E-state index contributed by atoms with van der Waals surface area (Å²) >= 11 is 0. The molecule has 1 aromatic rings. The number of amides is 2. The summed E-state index contributed by atoms with van der Waals surface area (Å²) in [6.45, 7) is 6.71. The normalized spacial score (nSPS) is 11.6. The molecule has 2 amide bonds. The van der Waals surface area contributed by atoms with Gasteiger partial charge in [-0.2, -0.15) is 0 Å². The Kier molecular flexibility index (Phi) is 6.56. The maximum absolute atomic E-state index is 11.6. The number of benzene rings is 1. The van der Waals surface area contributed by atoms with Gasteiger partial charge < -0.3 is 16.0 Å². The third-order valence-electron chi connectivity index (χ3n) is 2.96. The van der Waals surface area contributed by atoms with E-state index in [1.807, 2.05) is 20.8 Å². The highest BCUT2D eigenvalue weighted by atomic mass is 16.2. The van der Waals surface area contributed by atoms with Crippen molar-refractivity contribution in [2.75, 3.05) is 18.4 Å². The van der Waals surface area contributed by atoms with Crippen LogP contribution >= 0.6 is 0 Å². The monoisotopic (exact) mass is 277 g/mol. The van der Waals surface area contributed by atoms with Crippen molar-refractivity contribution >= 4 is 17.5 Å². The summed E-state index contributed by atoms with van der Waals surface area (Å²) in [6.07, 6.45) is 0.910. The van der Waals surface area contributed by atoms with Crippen LogP contribution in [0.2, 0.25) is 0 Å². The van der Waals surface area contributed by atoms with Gasteiger partial charge in [0, 0.05) is 23.8 Å². The highest BCUT2D eigenvalue weighted by Gasteiger charge is 2.06. The Morgan fingerprint density at radius 1 is 1.15 bits per heavy atom. The average molecular weight is 277 g/mol. The summed E-state index contributed by atoms with van der Waals surface area (Å²) in [5.74, 6) is -0.124. The fourth-order valence-electron chi connectivity index (χ4n) is 1.61. The molecule has 0 radical (unpaired) electrons. The molecule has 0 aliphatic rings. The fourth-order valence-corrected chi connectivity index (χ4v) is 1.61. The van der Waals surface area contributed by atoms with Gasteiger partial charge in [-0.15, -0.1) is 0 Å². The van der Waals surface area contributed by atoms with Gasteiger partial charge >= 0.3 is 0 Å². The van der Waals surface area contributed by atoms with Gasteiger partial charge in [-0.25, -0.2) is 0 Å². The molecule has 0 fully saturated rings. The molecule has 1 rings (SSSR count). The standard InChI is InChI=1S/C15H23N3O2/c1-4-11(3)18-14(19)10-17-13-8-6-12(7-9-13)15(20)16-5-2/h6-9,11,17H,4-5,10H2,1-3H3,(H,16,20)(H,18,19). The first-order valence-electron chi connectivity index (χ1n) is 6.98. The number of hydrogen-bond acceptors (Lipinski definition) is 3. The lowest BCUT2D eigenvalue weighted by Gasteiger charge is -2.12. The van der Waals surface area contributed by atoms with Crippen LogP contribution in [0.1, 0.15) is 37.6 Å². The van der Waals surface area contributed by atoms with E-state index in [2.05, 4.69) is 16.0 Å². The van der Waals surface area contributed by atoms with Crippen LogP contribution in [0.15, 0.2) is 24.3 Å². The zero-order valence-electron chi connectivity index (χ0n) is 12.3. The third-order valence-corrected chi connectivity index (χ3v) is 2.96. The topological polar surface area (TPSA) is 70.2 Å². The molecule has 0 heterocycles. The van der Waals surface area contributed by atoms with E-state index >= 15 is 0 Å². The zero-order chi connectivity index (χ0) is 15.0. The Hall–Kier alpha value is -2.04. The first kappa shape index (κ1) is 16.0. The molecule has 1 atom stereocenters. The lowest BCUT2D eigenvalue weighted by Crippen LogP contribution is -2.36. The van der Waals surface area contributed by atoms with E-state index < -0.39 is 0 Å². The second-order valence-electron chi connectivity index (χ2n) is 4.67. The molecule has 110 valence electrons. The molecule has 1 aromatic carbocycles. The number of rotatable bonds is 7. The molecule has 20 heavy (non-hydrogen) atoms. The molecule has 0 aliphatic heterocycles. The van der Waals surface area contributed by atoms with E-state index in [0.717, 1.165) is 12.1 Å². The van der Waals surface area contributed by atoms with Gasteiger partial charge in [0.25, 0.3) is 5.91 Å². The number of nitrogens with one attached hydrogen (secondary N) is 3. The summed E-state index contributed by atoms with van der Waals surface area (Å²) in [5.41, 5.74) is 1.43. The van der Waals surface area contributed by atoms with Crippen molar-refractivity contribution in [3.63, 3.8) is 0 Å². The molecule has 0 bridgehead atoms. The van der Waals surface area contributed by atoms with Gasteiger partial charge in [-0.3, -0.25) is 9.59 Å². The van der Waals surface area contributed by atoms with Gasteiger partial charge in [0.2, 0.25) is 5.91 Å². The van der Waals surface area contributed by atoms with E-state index in [1.54, 1.807) is 24.3 Å². The van der Waals surface area contributed by atoms with Crippen molar-refractivity contribution in [3.8, 4) is 0 Å². The van der Waals surface area contributed by atoms with E-state index in [0.29, 0.717) is 12.1 Å². The van der Waals surface area contributed by atoms with Crippen molar-refractivity contribution < 1.29 is 9.59 Å². The number of hydrogen-bond donors (Lipinski definition) is 3. The summed E-state index contributed by atoms with van der Waals surface area (Å²) in [5, 5.41) is 8.64. The number of anilines is 1. The van der Waals surface area contributed by atoms with Gasteiger partial charge in [-0.1, -0.05) is 6.92 Å². The summed E-state index contributed by atoms with van der Waals surface area (Å²) in [6, 6.07) is 7.24. The summed E-state index contributed by atoms with van der Waals surface area (Å²) < 4.78 is 0. The van der Waals surface area contributed by atoms with Crippen LogP contribution in [-0.4, -0.2) is 30.9 Å². The molecule has 5 heteroatoms. The SMILES string of the molecule is CCNC(=O)c1ccc(NCC(=O)NC(C)CC)cc1. The molecule has 0 saturated carbocycles. The predicted octanol–water partition coefficient (Wildman–Crippen LogP) is 1.76. The Morgan fingerprint density at radius 2 is 1.80 bits per heavy atom. The second kappa shape index (κ2) is 8.19. The summed E-state index contributed by atoms with van der Waals surface area (Å²) in [4.78, 5) is 23.2. The minimum Gasteiger partial charge on any atom is -0.376 e. The quantitative estimate of drug-likeness (QED) is 0.711. The van der Waals surface area contributed by atoms with Crippen LogP contribution in [0.25, 0.3) is 0 Å². The van der Waals surface area contributed by atoms with Crippen molar-refractivity contribution in [2.45, 2.75) is 33.2 Å². The Balaban J connectivity index is 2.45. The van der Waals surface area contributed by atoms with Crippen LogP contribution in [0.4, 0.5) is 5.69 Å². The van der Waals surface area contributed by atoms with Gasteiger partial charge in [0.15, 0.2) is 0 Å². The molecule has 0 aromatic heterocycles. The zero-order valence-corrected chi connectivity index (χ0v) is 12.3. The van der Waals surface area contributed by atoms with Crippen LogP contribution in [-0.2, 0) is 4.79 Å². The van der Waals surface area contributed by atoms with Gasteiger partial charge in [0.1, 0.15) is 0 Å². The number of carbonyl (C=O) groups is 2. The van der Waals surface area contributed by atoms with E-state index in [9.17, 15) is 9.59 Å². The maximum atomic E-state index is 11.6. The van der Waals surface area contributed by atoms with E-state index in [4.69, 9.17) is 0 Å². The molecule has 0 spiro atoms. The van der Waals surface area contributed by atoms with Crippen molar-refractivity contribution in [1.29, 1.82) is 0 Å². The molecule has 1 unspecified atom stereocenters. The van der Waals surface area contributed by atoms with Crippen molar-refractivity contribution in [1.82, 2.24) is 10.6 Å². The van der Waals surface area contributed by atoms with E-state index in [-0.39, 0.29) is 24.4 Å². The first-order chi connectivity index (χ1) is 9.56. The minimum absolute atomic E-state index is 0.0350. The minimum atomic E-state index is -0.0893. The van der Waals surface area contributed by atoms with Crippen LogP contribution < -0.4 is 16.0 Å². The Bertz CT molecular complexity index is 443. The predicted molar refractivity (Wildman–Crippen MR) is 80.8 cm³/mol. The highest BCUT2D eigenvalue weighted by molar-refractivity contribution is 5.94. The third kappa shape index (κ3) is 5.30. The van der Waals surface area contributed by atoms with Crippen molar-refractivity contribution in [3.05, 3.63) is 29.8 Å².